The molecule has 6 N–H and O–H groups in total. The van der Waals surface area contributed by atoms with Crippen molar-refractivity contribution in [2.24, 2.45) is 17.2 Å². The van der Waals surface area contributed by atoms with Crippen LogP contribution in [0.1, 0.15) is 178 Å². The van der Waals surface area contributed by atoms with Gasteiger partial charge in [-0.05, 0) is 57.8 Å². The summed E-state index contributed by atoms with van der Waals surface area (Å²) in [6.07, 6.45) is 24.6. The molecule has 12 nitrogen and oxygen atoms in total. The summed E-state index contributed by atoms with van der Waals surface area (Å²) in [5.41, 5.74) is 13.5. The fraction of sp³-hybridized carbons (Fsp3) is 0.933. The number of carbonyl (C=O) groups excluding carboxylic acids is 3. The van der Waals surface area contributed by atoms with Crippen LogP contribution in [0.4, 0.5) is 0 Å². The predicted octanol–water partition coefficient (Wildman–Crippen LogP) is 4.58. The van der Waals surface area contributed by atoms with Crippen molar-refractivity contribution in [2.75, 3.05) is 99.7 Å². The minimum atomic E-state index is -1.22. The van der Waals surface area contributed by atoms with Gasteiger partial charge in [-0.2, -0.15) is 0 Å². The van der Waals surface area contributed by atoms with E-state index in [0.29, 0.717) is 0 Å². The molecule has 0 fully saturated rings. The van der Waals surface area contributed by atoms with Crippen LogP contribution in [0.5, 0.6) is 0 Å². The number of nitrogens with zero attached hydrogens (tertiary/aromatic N) is 3. The fourth-order valence-electron chi connectivity index (χ4n) is 5.86. The molecule has 0 atom stereocenters. The van der Waals surface area contributed by atoms with Gasteiger partial charge in [0, 0.05) is 19.6 Å². The van der Waals surface area contributed by atoms with E-state index in [9.17, 15) is 0 Å². The first-order chi connectivity index (χ1) is 26.9. The Labute approximate surface area is 355 Å². The summed E-state index contributed by atoms with van der Waals surface area (Å²) in [6, 6.07) is 0. The molecular formula is C45H102N6O6. The number of carbonyl (C=O) groups is 3. The number of rotatable bonds is 30. The van der Waals surface area contributed by atoms with Crippen molar-refractivity contribution in [3.63, 3.8) is 0 Å². The second-order valence-electron chi connectivity index (χ2n) is 16.3. The maximum atomic E-state index is 9.13. The van der Waals surface area contributed by atoms with Gasteiger partial charge in [0.1, 0.15) is 0 Å². The van der Waals surface area contributed by atoms with Gasteiger partial charge in [0.05, 0.1) is 98.0 Å². The van der Waals surface area contributed by atoms with Crippen LogP contribution in [-0.4, -0.2) is 131 Å². The highest BCUT2D eigenvalue weighted by Gasteiger charge is 2.20. The first-order valence-electron chi connectivity index (χ1n) is 23.1. The van der Waals surface area contributed by atoms with Crippen LogP contribution in [0.15, 0.2) is 0 Å². The number of unbranched alkanes of at least 4 members (excludes halogenated alkanes) is 9. The molecule has 0 aliphatic carbocycles. The Morgan fingerprint density at radius 1 is 0.316 bits per heavy atom. The fourth-order valence-corrected chi connectivity index (χ4v) is 5.86. The summed E-state index contributed by atoms with van der Waals surface area (Å²) in [5.74, 6) is -3.65. The Balaban J connectivity index is -0.000000145. The summed E-state index contributed by atoms with van der Waals surface area (Å²) in [5, 5.41) is 27.4. The molecule has 0 spiro atoms. The first-order valence-corrected chi connectivity index (χ1v) is 23.1. The van der Waals surface area contributed by atoms with Gasteiger partial charge < -0.3 is 60.4 Å². The highest BCUT2D eigenvalue weighted by atomic mass is 16.4. The van der Waals surface area contributed by atoms with Gasteiger partial charge in [-0.1, -0.05) is 120 Å². The van der Waals surface area contributed by atoms with E-state index in [4.69, 9.17) is 29.7 Å². The molecule has 0 rings (SSSR count). The Bertz CT molecular complexity index is 664. The van der Waals surface area contributed by atoms with Gasteiger partial charge in [0.2, 0.25) is 0 Å². The largest absolute Gasteiger partial charge is 0.549 e. The van der Waals surface area contributed by atoms with Gasteiger partial charge >= 0.3 is 0 Å². The third-order valence-corrected chi connectivity index (χ3v) is 9.96. The summed E-state index contributed by atoms with van der Waals surface area (Å²) in [6.45, 7) is 32.0. The predicted molar refractivity (Wildman–Crippen MR) is 239 cm³/mol. The number of hydrogen-bond donors (Lipinski definition) is 3. The lowest BCUT2D eigenvalue weighted by molar-refractivity contribution is -0.910. The molecule has 0 aromatic carbocycles. The Hall–Kier alpha value is -1.83. The maximum Gasteiger partial charge on any atom is 0.0784 e. The smallest absolute Gasteiger partial charge is 0.0784 e. The molecule has 0 amide bonds. The molecule has 0 saturated heterocycles. The van der Waals surface area contributed by atoms with Crippen molar-refractivity contribution in [3.05, 3.63) is 0 Å². The highest BCUT2D eigenvalue weighted by molar-refractivity contribution is 5.66. The Morgan fingerprint density at radius 3 is 0.456 bits per heavy atom. The third kappa shape index (κ3) is 61.0. The van der Waals surface area contributed by atoms with E-state index in [-0.39, 0.29) is 19.6 Å². The second-order valence-corrected chi connectivity index (χ2v) is 16.3. The quantitative estimate of drug-likeness (QED) is 0.0868. The molecule has 0 bridgehead atoms. The van der Waals surface area contributed by atoms with E-state index < -0.39 is 17.9 Å². The van der Waals surface area contributed by atoms with Crippen LogP contribution in [0.25, 0.3) is 0 Å². The van der Waals surface area contributed by atoms with Crippen molar-refractivity contribution < 1.29 is 43.2 Å². The van der Waals surface area contributed by atoms with E-state index in [1.165, 1.54) is 188 Å². The lowest BCUT2D eigenvalue weighted by Crippen LogP contribution is -2.46. The number of carboxylic acids is 3. The Kier molecular flexibility index (Phi) is 59.1. The van der Waals surface area contributed by atoms with Crippen LogP contribution in [0, 0.1) is 0 Å². The van der Waals surface area contributed by atoms with Gasteiger partial charge in [-0.3, -0.25) is 0 Å². The molecule has 0 aliphatic heterocycles. The maximum absolute atomic E-state index is 9.13. The van der Waals surface area contributed by atoms with E-state index in [2.05, 4.69) is 101 Å². The Morgan fingerprint density at radius 2 is 0.404 bits per heavy atom. The highest BCUT2D eigenvalue weighted by Crippen LogP contribution is 2.13. The molecule has 0 radical (unpaired) electrons. The van der Waals surface area contributed by atoms with Crippen LogP contribution in [0.3, 0.4) is 0 Å². The number of carboxylic acid groups (broad SMARTS) is 3. The molecule has 0 aromatic rings. The molecule has 0 aromatic heterocycles. The van der Waals surface area contributed by atoms with Gasteiger partial charge in [-0.25, -0.2) is 0 Å². The second kappa shape index (κ2) is 50.3. The monoisotopic (exact) mass is 823 g/mol. The minimum Gasteiger partial charge on any atom is -0.549 e. The van der Waals surface area contributed by atoms with E-state index in [1.807, 2.05) is 0 Å². The third-order valence-electron chi connectivity index (χ3n) is 9.96. The lowest BCUT2D eigenvalue weighted by atomic mass is 10.2. The molecule has 0 unspecified atom stereocenters. The molecule has 0 aliphatic rings. The van der Waals surface area contributed by atoms with E-state index in [0.717, 1.165) is 0 Å². The summed E-state index contributed by atoms with van der Waals surface area (Å²) in [7, 11) is 7.34. The summed E-state index contributed by atoms with van der Waals surface area (Å²) >= 11 is 0. The van der Waals surface area contributed by atoms with Crippen molar-refractivity contribution in [1.82, 2.24) is 0 Å². The molecule has 0 heterocycles. The number of nitrogens with two attached hydrogens (primary N) is 3. The van der Waals surface area contributed by atoms with Crippen molar-refractivity contribution in [1.29, 1.82) is 0 Å². The van der Waals surface area contributed by atoms with Crippen LogP contribution in [-0.2, 0) is 14.4 Å². The topological polar surface area (TPSA) is 198 Å². The van der Waals surface area contributed by atoms with Crippen LogP contribution >= 0.6 is 0 Å². The van der Waals surface area contributed by atoms with Gasteiger partial charge in [0.25, 0.3) is 0 Å². The normalized spacial score (nSPS) is 10.8. The number of quaternary nitrogens is 3. The standard InChI is InChI=1S/3C13H30N.3C2H5NO2/c3*1-5-8-11-14(4,12-9-6-2)13-10-7-3;3*3-1-2(4)5/h3*5-13H2,1-4H3;3*1,3H2,(H,4,5)/q3*+1;;;/p-3. The van der Waals surface area contributed by atoms with Gasteiger partial charge in [-0.15, -0.1) is 0 Å². The van der Waals surface area contributed by atoms with E-state index >= 15 is 0 Å². The molecule has 57 heavy (non-hydrogen) atoms. The first kappa shape index (κ1) is 67.0. The summed E-state index contributed by atoms with van der Waals surface area (Å²) in [4.78, 5) is 27.4. The van der Waals surface area contributed by atoms with Crippen molar-refractivity contribution in [3.8, 4) is 0 Å². The average molecular weight is 823 g/mol. The molecular weight excluding hydrogens is 721 g/mol. The zero-order valence-electron chi connectivity index (χ0n) is 40.2. The van der Waals surface area contributed by atoms with Crippen molar-refractivity contribution in [2.45, 2.75) is 178 Å². The summed E-state index contributed by atoms with van der Waals surface area (Å²) < 4.78 is 3.94. The number of aliphatic carboxylic acids is 3. The van der Waals surface area contributed by atoms with Crippen LogP contribution < -0.4 is 32.5 Å². The molecule has 12 heteroatoms. The van der Waals surface area contributed by atoms with Gasteiger partial charge in [0.15, 0.2) is 0 Å². The SMILES string of the molecule is CCCC[N+](C)(CCCC)CCCC.CCCC[N+](C)(CCCC)CCCC.CCCC[N+](C)(CCCC)CCCC.NCC(=O)[O-].NCC(=O)[O-].NCC(=O)[O-]. The van der Waals surface area contributed by atoms with E-state index in [1.54, 1.807) is 0 Å². The zero-order chi connectivity index (χ0) is 45.4. The zero-order valence-corrected chi connectivity index (χ0v) is 40.2. The lowest BCUT2D eigenvalue weighted by Gasteiger charge is -2.34. The molecule has 0 saturated carbocycles. The molecule has 348 valence electrons. The average Bonchev–Trinajstić information content (AvgIpc) is 3.21. The minimum absolute atomic E-state index is 0.389. The number of hydrogen-bond acceptors (Lipinski definition) is 9. The van der Waals surface area contributed by atoms with Crippen LogP contribution in [0.2, 0.25) is 0 Å². The van der Waals surface area contributed by atoms with Crippen molar-refractivity contribution >= 4 is 17.9 Å².